The van der Waals surface area contributed by atoms with Gasteiger partial charge < -0.3 is 14.2 Å². The number of nitrogens with zero attached hydrogens (tertiary/aromatic N) is 1. The molecule has 0 aliphatic heterocycles. The molecule has 162 valence electrons. The number of ether oxygens (including phenoxy) is 3. The summed E-state index contributed by atoms with van der Waals surface area (Å²) >= 11 is 0. The average molecular weight is 413 g/mol. The summed E-state index contributed by atoms with van der Waals surface area (Å²) in [5, 5.41) is 4.42. The van der Waals surface area contributed by atoms with Crippen molar-refractivity contribution in [1.29, 1.82) is 0 Å². The van der Waals surface area contributed by atoms with Crippen LogP contribution in [0.5, 0.6) is 17.2 Å². The van der Waals surface area contributed by atoms with E-state index in [-0.39, 0.29) is 5.91 Å². The van der Waals surface area contributed by atoms with Crippen molar-refractivity contribution in [3.05, 3.63) is 53.6 Å². The van der Waals surface area contributed by atoms with Crippen LogP contribution in [-0.4, -0.2) is 31.4 Å². The summed E-state index contributed by atoms with van der Waals surface area (Å²) < 4.78 is 17.1. The van der Waals surface area contributed by atoms with Gasteiger partial charge in [-0.25, -0.2) is 5.43 Å². The lowest BCUT2D eigenvalue weighted by atomic mass is 10.1. The Morgan fingerprint density at radius 3 is 2.00 bits per heavy atom. The lowest BCUT2D eigenvalue weighted by molar-refractivity contribution is 0.0953. The Balaban J connectivity index is 2.32. The number of amides is 1. The maximum Gasteiger partial charge on any atom is 0.271 e. The number of benzene rings is 2. The van der Waals surface area contributed by atoms with Gasteiger partial charge in [-0.1, -0.05) is 43.7 Å². The van der Waals surface area contributed by atoms with E-state index in [1.54, 1.807) is 12.1 Å². The van der Waals surface area contributed by atoms with Crippen LogP contribution in [0.4, 0.5) is 0 Å². The molecular formula is C24H32N2O4. The monoisotopic (exact) mass is 412 g/mol. The van der Waals surface area contributed by atoms with Crippen molar-refractivity contribution < 1.29 is 19.0 Å². The SMILES string of the molecule is CCCC/C(=N\NC(=O)c1cc(OCC)c(OCC)c(OCC)c1)c1ccccc1. The molecule has 6 heteroatoms. The highest BCUT2D eigenvalue weighted by Crippen LogP contribution is 2.39. The summed E-state index contributed by atoms with van der Waals surface area (Å²) in [6.07, 6.45) is 2.84. The quantitative estimate of drug-likeness (QED) is 0.384. The fourth-order valence-electron chi connectivity index (χ4n) is 2.94. The minimum atomic E-state index is -0.329. The number of hydrazone groups is 1. The van der Waals surface area contributed by atoms with Gasteiger partial charge in [-0.2, -0.15) is 5.10 Å². The first-order chi connectivity index (χ1) is 14.6. The molecule has 0 aliphatic carbocycles. The van der Waals surface area contributed by atoms with Crippen LogP contribution in [0.3, 0.4) is 0 Å². The summed E-state index contributed by atoms with van der Waals surface area (Å²) in [5.41, 5.74) is 4.95. The van der Waals surface area contributed by atoms with E-state index in [9.17, 15) is 4.79 Å². The Morgan fingerprint density at radius 1 is 0.867 bits per heavy atom. The summed E-state index contributed by atoms with van der Waals surface area (Å²) in [5.74, 6) is 1.14. The zero-order valence-electron chi connectivity index (χ0n) is 18.4. The molecule has 2 rings (SSSR count). The summed E-state index contributed by atoms with van der Waals surface area (Å²) in [7, 11) is 0. The first-order valence-electron chi connectivity index (χ1n) is 10.6. The van der Waals surface area contributed by atoms with Gasteiger partial charge in [0.1, 0.15) is 0 Å². The van der Waals surface area contributed by atoms with Crippen molar-refractivity contribution in [2.75, 3.05) is 19.8 Å². The Labute approximate surface area is 179 Å². The molecule has 0 fully saturated rings. The molecule has 1 N–H and O–H groups in total. The van der Waals surface area contributed by atoms with Gasteiger partial charge in [-0.15, -0.1) is 0 Å². The van der Waals surface area contributed by atoms with Crippen molar-refractivity contribution in [3.8, 4) is 17.2 Å². The van der Waals surface area contributed by atoms with Gasteiger partial charge in [0, 0.05) is 5.56 Å². The van der Waals surface area contributed by atoms with Gasteiger partial charge >= 0.3 is 0 Å². The maximum atomic E-state index is 12.9. The molecule has 0 atom stereocenters. The number of carbonyl (C=O) groups excluding carboxylic acids is 1. The van der Waals surface area contributed by atoms with E-state index >= 15 is 0 Å². The second-order valence-electron chi connectivity index (χ2n) is 6.57. The van der Waals surface area contributed by atoms with Crippen molar-refractivity contribution in [1.82, 2.24) is 5.43 Å². The van der Waals surface area contributed by atoms with E-state index < -0.39 is 0 Å². The van der Waals surface area contributed by atoms with E-state index in [1.165, 1.54) is 0 Å². The fraction of sp³-hybridized carbons (Fsp3) is 0.417. The van der Waals surface area contributed by atoms with Crippen molar-refractivity contribution in [2.45, 2.75) is 47.0 Å². The molecule has 2 aromatic rings. The molecule has 0 heterocycles. The van der Waals surface area contributed by atoms with Crippen LogP contribution in [-0.2, 0) is 0 Å². The number of rotatable bonds is 12. The Bertz CT molecular complexity index is 807. The lowest BCUT2D eigenvalue weighted by Crippen LogP contribution is -2.20. The van der Waals surface area contributed by atoms with Crippen LogP contribution in [0.1, 0.15) is 62.9 Å². The zero-order valence-corrected chi connectivity index (χ0v) is 18.4. The van der Waals surface area contributed by atoms with E-state index in [0.717, 1.165) is 30.5 Å². The predicted octanol–water partition coefficient (Wildman–Crippen LogP) is 5.21. The van der Waals surface area contributed by atoms with Crippen LogP contribution >= 0.6 is 0 Å². The topological polar surface area (TPSA) is 69.2 Å². The smallest absolute Gasteiger partial charge is 0.271 e. The molecule has 0 saturated heterocycles. The zero-order chi connectivity index (χ0) is 21.8. The van der Waals surface area contributed by atoms with E-state index in [4.69, 9.17) is 14.2 Å². The molecule has 0 aromatic heterocycles. The van der Waals surface area contributed by atoms with Crippen LogP contribution in [0.2, 0.25) is 0 Å². The largest absolute Gasteiger partial charge is 0.490 e. The second kappa shape index (κ2) is 12.5. The molecule has 1 amide bonds. The van der Waals surface area contributed by atoms with Gasteiger partial charge in [0.05, 0.1) is 25.5 Å². The number of carbonyl (C=O) groups is 1. The molecule has 0 aliphatic rings. The molecule has 6 nitrogen and oxygen atoms in total. The summed E-state index contributed by atoms with van der Waals surface area (Å²) in [4.78, 5) is 12.9. The Morgan fingerprint density at radius 2 is 1.47 bits per heavy atom. The molecule has 0 radical (unpaired) electrons. The van der Waals surface area contributed by atoms with Gasteiger partial charge in [0.25, 0.3) is 5.91 Å². The van der Waals surface area contributed by atoms with Crippen LogP contribution in [0.25, 0.3) is 0 Å². The minimum absolute atomic E-state index is 0.329. The number of nitrogens with one attached hydrogen (secondary N) is 1. The van der Waals surface area contributed by atoms with Crippen LogP contribution in [0.15, 0.2) is 47.6 Å². The Kier molecular flexibility index (Phi) is 9.71. The van der Waals surface area contributed by atoms with E-state index in [2.05, 4.69) is 17.5 Å². The molecule has 0 unspecified atom stereocenters. The first-order valence-corrected chi connectivity index (χ1v) is 10.6. The first kappa shape index (κ1) is 23.3. The molecule has 0 saturated carbocycles. The highest BCUT2D eigenvalue weighted by molar-refractivity contribution is 6.02. The average Bonchev–Trinajstić information content (AvgIpc) is 2.76. The lowest BCUT2D eigenvalue weighted by Gasteiger charge is -2.16. The van der Waals surface area contributed by atoms with E-state index in [1.807, 2.05) is 51.1 Å². The maximum absolute atomic E-state index is 12.9. The second-order valence-corrected chi connectivity index (χ2v) is 6.57. The van der Waals surface area contributed by atoms with Gasteiger partial charge in [-0.3, -0.25) is 4.79 Å². The molecular weight excluding hydrogens is 380 g/mol. The third-order valence-corrected chi connectivity index (χ3v) is 4.34. The normalized spacial score (nSPS) is 11.1. The third kappa shape index (κ3) is 6.51. The molecule has 0 spiro atoms. The van der Waals surface area contributed by atoms with E-state index in [0.29, 0.717) is 42.6 Å². The highest BCUT2D eigenvalue weighted by atomic mass is 16.5. The highest BCUT2D eigenvalue weighted by Gasteiger charge is 2.18. The predicted molar refractivity (Wildman–Crippen MR) is 120 cm³/mol. The van der Waals surface area contributed by atoms with Gasteiger partial charge in [0.15, 0.2) is 11.5 Å². The number of hydrogen-bond acceptors (Lipinski definition) is 5. The van der Waals surface area contributed by atoms with Crippen LogP contribution < -0.4 is 19.6 Å². The van der Waals surface area contributed by atoms with Crippen LogP contribution in [0, 0.1) is 0 Å². The third-order valence-electron chi connectivity index (χ3n) is 4.34. The van der Waals surface area contributed by atoms with Crippen molar-refractivity contribution in [2.24, 2.45) is 5.10 Å². The summed E-state index contributed by atoms with van der Waals surface area (Å²) in [6, 6.07) is 13.2. The van der Waals surface area contributed by atoms with Crippen molar-refractivity contribution in [3.63, 3.8) is 0 Å². The number of hydrogen-bond donors (Lipinski definition) is 1. The van der Waals surface area contributed by atoms with Crippen molar-refractivity contribution >= 4 is 11.6 Å². The van der Waals surface area contributed by atoms with Gasteiger partial charge in [-0.05, 0) is 51.3 Å². The standard InChI is InChI=1S/C24H32N2O4/c1-5-9-15-20(18-13-11-10-12-14-18)25-26-24(27)19-16-21(28-6-2)23(30-8-4)22(17-19)29-7-3/h10-14,16-17H,5-9,15H2,1-4H3,(H,26,27)/b25-20+. The summed E-state index contributed by atoms with van der Waals surface area (Å²) in [6.45, 7) is 9.15. The molecule has 30 heavy (non-hydrogen) atoms. The van der Waals surface area contributed by atoms with Gasteiger partial charge in [0.2, 0.25) is 5.75 Å². The number of unbranched alkanes of at least 4 members (excludes halogenated alkanes) is 1. The fourth-order valence-corrected chi connectivity index (χ4v) is 2.94. The molecule has 2 aromatic carbocycles. The Hall–Kier alpha value is -3.02. The minimum Gasteiger partial charge on any atom is -0.490 e. The molecule has 0 bridgehead atoms.